The zero-order valence-electron chi connectivity index (χ0n) is 10.8. The summed E-state index contributed by atoms with van der Waals surface area (Å²) in [7, 11) is -3.94. The molecule has 0 aromatic carbocycles. The molecule has 0 saturated heterocycles. The zero-order valence-corrected chi connectivity index (χ0v) is 12.5. The molecule has 20 heavy (non-hydrogen) atoms. The van der Waals surface area contributed by atoms with Gasteiger partial charge in [-0.25, -0.2) is 17.9 Å². The Morgan fingerprint density at radius 2 is 2.10 bits per heavy atom. The first-order valence-electron chi connectivity index (χ1n) is 5.67. The van der Waals surface area contributed by atoms with Crippen molar-refractivity contribution in [1.29, 1.82) is 0 Å². The van der Waals surface area contributed by atoms with E-state index in [2.05, 4.69) is 4.72 Å². The molecule has 2 aromatic rings. The summed E-state index contributed by atoms with van der Waals surface area (Å²) in [6.07, 6.45) is 0. The predicted molar refractivity (Wildman–Crippen MR) is 73.5 cm³/mol. The molecule has 0 amide bonds. The highest BCUT2D eigenvalue weighted by atomic mass is 32.2. The van der Waals surface area contributed by atoms with E-state index in [4.69, 9.17) is 9.52 Å². The Kier molecular flexibility index (Phi) is 3.98. The van der Waals surface area contributed by atoms with Gasteiger partial charge in [0.1, 0.15) is 22.0 Å². The largest absolute Gasteiger partial charge is 0.478 e. The van der Waals surface area contributed by atoms with Gasteiger partial charge in [-0.2, -0.15) is 11.3 Å². The summed E-state index contributed by atoms with van der Waals surface area (Å²) >= 11 is 1.45. The summed E-state index contributed by atoms with van der Waals surface area (Å²) in [5, 5.41) is 12.8. The smallest absolute Gasteiger partial charge is 0.340 e. The van der Waals surface area contributed by atoms with Crippen molar-refractivity contribution in [3.05, 3.63) is 39.5 Å². The molecule has 108 valence electrons. The monoisotopic (exact) mass is 315 g/mol. The number of rotatable bonds is 5. The fourth-order valence-corrected chi connectivity index (χ4v) is 3.97. The average molecular weight is 315 g/mol. The first kappa shape index (κ1) is 14.8. The van der Waals surface area contributed by atoms with E-state index in [0.29, 0.717) is 0 Å². The molecule has 2 rings (SSSR count). The Labute approximate surface area is 120 Å². The van der Waals surface area contributed by atoms with Crippen LogP contribution in [0.5, 0.6) is 0 Å². The highest BCUT2D eigenvalue weighted by Gasteiger charge is 2.30. The topological polar surface area (TPSA) is 96.6 Å². The molecule has 6 nitrogen and oxygen atoms in total. The van der Waals surface area contributed by atoms with Crippen LogP contribution in [-0.2, 0) is 16.6 Å². The van der Waals surface area contributed by atoms with Gasteiger partial charge >= 0.3 is 5.97 Å². The van der Waals surface area contributed by atoms with Gasteiger partial charge in [-0.15, -0.1) is 0 Å². The summed E-state index contributed by atoms with van der Waals surface area (Å²) in [4.78, 5) is 10.9. The SMILES string of the molecule is Cc1oc(C)c(S(=O)(=O)NCc2ccsc2)c1C(=O)O. The van der Waals surface area contributed by atoms with Gasteiger partial charge < -0.3 is 9.52 Å². The number of carbonyl (C=O) groups is 1. The second-order valence-corrected chi connectivity index (χ2v) is 6.66. The van der Waals surface area contributed by atoms with Crippen molar-refractivity contribution in [3.63, 3.8) is 0 Å². The van der Waals surface area contributed by atoms with Crippen molar-refractivity contribution in [2.24, 2.45) is 0 Å². The Balaban J connectivity index is 2.37. The number of sulfonamides is 1. The van der Waals surface area contributed by atoms with Crippen LogP contribution >= 0.6 is 11.3 Å². The number of furan rings is 1. The Morgan fingerprint density at radius 1 is 1.40 bits per heavy atom. The molecule has 0 saturated carbocycles. The molecular formula is C12H13NO5S2. The molecule has 8 heteroatoms. The minimum Gasteiger partial charge on any atom is -0.478 e. The number of hydrogen-bond acceptors (Lipinski definition) is 5. The van der Waals surface area contributed by atoms with Gasteiger partial charge in [-0.05, 0) is 36.2 Å². The van der Waals surface area contributed by atoms with E-state index in [0.717, 1.165) is 5.56 Å². The highest BCUT2D eigenvalue weighted by molar-refractivity contribution is 7.89. The number of thiophene rings is 1. The average Bonchev–Trinajstić information content (AvgIpc) is 2.94. The molecule has 0 aliphatic rings. The lowest BCUT2D eigenvalue weighted by Gasteiger charge is -2.06. The Bertz CT molecular complexity index is 728. The normalized spacial score (nSPS) is 11.7. The minimum atomic E-state index is -3.94. The first-order chi connectivity index (χ1) is 9.33. The van der Waals surface area contributed by atoms with Crippen LogP contribution in [0.1, 0.15) is 27.4 Å². The molecule has 0 bridgehead atoms. The van der Waals surface area contributed by atoms with Crippen molar-refractivity contribution in [3.8, 4) is 0 Å². The van der Waals surface area contributed by atoms with Crippen molar-refractivity contribution < 1.29 is 22.7 Å². The quantitative estimate of drug-likeness (QED) is 0.881. The van der Waals surface area contributed by atoms with Crippen LogP contribution < -0.4 is 4.72 Å². The van der Waals surface area contributed by atoms with Gasteiger partial charge in [0.05, 0.1) is 0 Å². The lowest BCUT2D eigenvalue weighted by molar-refractivity contribution is 0.0691. The van der Waals surface area contributed by atoms with E-state index < -0.39 is 16.0 Å². The van der Waals surface area contributed by atoms with E-state index in [-0.39, 0.29) is 28.5 Å². The van der Waals surface area contributed by atoms with Crippen LogP contribution in [0.25, 0.3) is 0 Å². The van der Waals surface area contributed by atoms with Gasteiger partial charge in [0.2, 0.25) is 10.0 Å². The molecule has 2 heterocycles. The second kappa shape index (κ2) is 5.39. The fraction of sp³-hybridized carbons (Fsp3) is 0.250. The van der Waals surface area contributed by atoms with Crippen LogP contribution in [0.15, 0.2) is 26.1 Å². The lowest BCUT2D eigenvalue weighted by atomic mass is 10.2. The van der Waals surface area contributed by atoms with Crippen LogP contribution in [0.3, 0.4) is 0 Å². The molecule has 0 aliphatic heterocycles. The van der Waals surface area contributed by atoms with Gasteiger partial charge in [-0.3, -0.25) is 0 Å². The molecule has 0 spiro atoms. The zero-order chi connectivity index (χ0) is 14.9. The maximum atomic E-state index is 12.3. The summed E-state index contributed by atoms with van der Waals surface area (Å²) in [6, 6.07) is 1.79. The third kappa shape index (κ3) is 2.77. The lowest BCUT2D eigenvalue weighted by Crippen LogP contribution is -2.25. The van der Waals surface area contributed by atoms with Gasteiger partial charge in [0.25, 0.3) is 0 Å². The van der Waals surface area contributed by atoms with Crippen LogP contribution in [-0.4, -0.2) is 19.5 Å². The summed E-state index contributed by atoms with van der Waals surface area (Å²) < 4.78 is 32.0. The molecule has 2 N–H and O–H groups in total. The van der Waals surface area contributed by atoms with Gasteiger partial charge in [0, 0.05) is 6.54 Å². The van der Waals surface area contributed by atoms with Crippen molar-refractivity contribution in [2.45, 2.75) is 25.3 Å². The molecule has 0 fully saturated rings. The molecule has 0 radical (unpaired) electrons. The maximum Gasteiger partial charge on any atom is 0.340 e. The van der Waals surface area contributed by atoms with Crippen molar-refractivity contribution in [2.75, 3.05) is 0 Å². The van der Waals surface area contributed by atoms with E-state index in [1.165, 1.54) is 25.2 Å². The van der Waals surface area contributed by atoms with E-state index >= 15 is 0 Å². The van der Waals surface area contributed by atoms with Crippen molar-refractivity contribution >= 4 is 27.3 Å². The van der Waals surface area contributed by atoms with E-state index in [9.17, 15) is 13.2 Å². The van der Waals surface area contributed by atoms with Gasteiger partial charge in [-0.1, -0.05) is 0 Å². The number of carboxylic acid groups (broad SMARTS) is 1. The van der Waals surface area contributed by atoms with E-state index in [1.807, 2.05) is 10.8 Å². The van der Waals surface area contributed by atoms with Crippen LogP contribution in [0, 0.1) is 13.8 Å². The number of carboxylic acids is 1. The Hall–Kier alpha value is -1.64. The Morgan fingerprint density at radius 3 is 2.65 bits per heavy atom. The van der Waals surface area contributed by atoms with Crippen LogP contribution in [0.4, 0.5) is 0 Å². The maximum absolute atomic E-state index is 12.3. The second-order valence-electron chi connectivity index (χ2n) is 4.18. The summed E-state index contributed by atoms with van der Waals surface area (Å²) in [6.45, 7) is 2.96. The fourth-order valence-electron chi connectivity index (χ4n) is 1.88. The number of nitrogens with one attached hydrogen (secondary N) is 1. The van der Waals surface area contributed by atoms with Crippen molar-refractivity contribution in [1.82, 2.24) is 4.72 Å². The first-order valence-corrected chi connectivity index (χ1v) is 8.09. The van der Waals surface area contributed by atoms with E-state index in [1.54, 1.807) is 6.07 Å². The molecule has 0 atom stereocenters. The standard InChI is InChI=1S/C12H13NO5S2/c1-7-10(12(14)15)11(8(2)18-7)20(16,17)13-5-9-3-4-19-6-9/h3-4,6,13H,5H2,1-2H3,(H,14,15). The molecule has 2 aromatic heterocycles. The molecule has 0 unspecified atom stereocenters. The minimum absolute atomic E-state index is 0.0673. The summed E-state index contributed by atoms with van der Waals surface area (Å²) in [5.41, 5.74) is 0.494. The number of aryl methyl sites for hydroxylation is 2. The number of aromatic carboxylic acids is 1. The number of hydrogen-bond donors (Lipinski definition) is 2. The highest BCUT2D eigenvalue weighted by Crippen LogP contribution is 2.26. The van der Waals surface area contributed by atoms with Gasteiger partial charge in [0.15, 0.2) is 0 Å². The third-order valence-electron chi connectivity index (χ3n) is 2.73. The molecular weight excluding hydrogens is 302 g/mol. The predicted octanol–water partition coefficient (Wildman–Crippen LogP) is 2.13. The third-order valence-corrected chi connectivity index (χ3v) is 5.02. The van der Waals surface area contributed by atoms with Crippen LogP contribution in [0.2, 0.25) is 0 Å². The molecule has 0 aliphatic carbocycles. The summed E-state index contributed by atoms with van der Waals surface area (Å²) in [5.74, 6) is -1.18.